The van der Waals surface area contributed by atoms with Crippen LogP contribution >= 0.6 is 0 Å². The number of ether oxygens (including phenoxy) is 14. The first-order chi connectivity index (χ1) is 62.7. The molecule has 13 N–H and O–H groups in total. The average Bonchev–Trinajstić information content (AvgIpc) is 0.784. The molecule has 8 aliphatic carbocycles. The lowest BCUT2D eigenvalue weighted by molar-refractivity contribution is -0.161. The minimum absolute atomic E-state index is 0.0394. The summed E-state index contributed by atoms with van der Waals surface area (Å²) in [5, 5.41) is 52.4. The van der Waals surface area contributed by atoms with Gasteiger partial charge in [-0.3, -0.25) is 4.79 Å². The van der Waals surface area contributed by atoms with Gasteiger partial charge in [-0.1, -0.05) is 20.8 Å². The molecule has 0 aromatic heterocycles. The zero-order valence-corrected chi connectivity index (χ0v) is 87.4. The largest absolute Gasteiger partial charge is 0.480 e. The van der Waals surface area contributed by atoms with Crippen molar-refractivity contribution >= 4 is 90.4 Å². The number of aliphatic carboxylic acids is 1. The number of alkyl carbamates (subject to hydrolysis) is 7. The van der Waals surface area contributed by atoms with E-state index in [0.29, 0.717) is 76.1 Å². The van der Waals surface area contributed by atoms with Gasteiger partial charge in [0.25, 0.3) is 0 Å². The Morgan fingerprint density at radius 3 is 0.478 bits per heavy atom. The first-order valence-electron chi connectivity index (χ1n) is 46.9. The van der Waals surface area contributed by atoms with E-state index in [9.17, 15) is 95.3 Å². The summed E-state index contributed by atoms with van der Waals surface area (Å²) in [6.45, 7) is 58.5. The molecule has 8 fully saturated rings. The number of amides is 7. The van der Waals surface area contributed by atoms with Crippen molar-refractivity contribution < 1.29 is 172 Å². The van der Waals surface area contributed by atoms with Crippen LogP contribution in [0.25, 0.3) is 0 Å². The monoisotopic (exact) mass is 1990 g/mol. The highest BCUT2D eigenvalue weighted by Crippen LogP contribution is 2.44. The molecule has 0 aromatic rings. The summed E-state index contributed by atoms with van der Waals surface area (Å²) in [6.07, 6.45) is -5.00. The molecule has 0 spiro atoms. The van der Waals surface area contributed by atoms with Gasteiger partial charge >= 0.3 is 90.4 Å². The Hall–Kier alpha value is -9.72. The van der Waals surface area contributed by atoms with Crippen molar-refractivity contribution in [2.24, 2.45) is 23.5 Å². The van der Waals surface area contributed by atoms with Gasteiger partial charge in [0.05, 0.1) is 58.5 Å². The van der Waals surface area contributed by atoms with Crippen molar-refractivity contribution in [3.63, 3.8) is 0 Å². The molecule has 8 aliphatic rings. The molecule has 0 saturated heterocycles. The molecule has 8 saturated carbocycles. The van der Waals surface area contributed by atoms with Crippen LogP contribution < -0.4 is 43.0 Å². The van der Waals surface area contributed by atoms with E-state index in [0.717, 1.165) is 0 Å². The molecule has 0 radical (unpaired) electrons. The number of nitrogens with one attached hydrogen (secondary N) is 7. The lowest BCUT2D eigenvalue weighted by atomic mass is 9.69. The quantitative estimate of drug-likeness (QED) is 0.0354. The van der Waals surface area contributed by atoms with Crippen molar-refractivity contribution in [3.05, 3.63) is 0 Å². The maximum atomic E-state index is 13.0. The van der Waals surface area contributed by atoms with Crippen molar-refractivity contribution in [1.29, 1.82) is 0 Å². The second kappa shape index (κ2) is 53.8. The Kier molecular flexibility index (Phi) is 50.0. The number of rotatable bonds is 22. The summed E-state index contributed by atoms with van der Waals surface area (Å²) < 4.78 is 108. The number of aliphatic hydroxyl groups is 3. The van der Waals surface area contributed by atoms with E-state index < -0.39 is 187 Å². The normalized spacial score (nSPS) is 27.6. The van der Waals surface area contributed by atoms with E-state index in [1.54, 1.807) is 201 Å². The van der Waals surface area contributed by atoms with Gasteiger partial charge in [0.15, 0.2) is 0 Å². The Bertz CT molecular complexity index is 3290. The fourth-order valence-electron chi connectivity index (χ4n) is 14.8. The first kappa shape index (κ1) is 128. The topological polar surface area (TPSA) is 576 Å². The minimum atomic E-state index is -1.27. The molecular weight excluding hydrogens is 1820 g/mol. The number of hydrogen-bond acceptors (Lipinski definition) is 33. The fourth-order valence-corrected chi connectivity index (χ4v) is 14.8. The number of carboxylic acid groups (broad SMARTS) is 1. The molecular formula is C94H165F3N8O33. The molecule has 0 unspecified atom stereocenters. The van der Waals surface area contributed by atoms with Crippen LogP contribution in [-0.2, 0) is 105 Å². The van der Waals surface area contributed by atoms with Crippen LogP contribution in [0.15, 0.2) is 0 Å². The van der Waals surface area contributed by atoms with E-state index in [1.165, 1.54) is 0 Å². The summed E-state index contributed by atoms with van der Waals surface area (Å²) in [6, 6.07) is 0. The van der Waals surface area contributed by atoms with Crippen molar-refractivity contribution in [3.8, 4) is 0 Å². The first-order valence-corrected chi connectivity index (χ1v) is 46.9. The predicted octanol–water partition coefficient (Wildman–Crippen LogP) is 12.5. The number of carbonyl (C=O) groups excluding carboxylic acids is 14. The van der Waals surface area contributed by atoms with Crippen molar-refractivity contribution in [2.45, 2.75) is 439 Å². The average molecular weight is 1990 g/mol. The lowest BCUT2D eigenvalue weighted by Crippen LogP contribution is -2.65. The fraction of sp³-hybridized carbons (Fsp3) is 0.840. The third-order valence-corrected chi connectivity index (χ3v) is 20.2. The third-order valence-electron chi connectivity index (χ3n) is 20.2. The van der Waals surface area contributed by atoms with Gasteiger partial charge in [-0.15, -0.1) is 0 Å². The van der Waals surface area contributed by atoms with Gasteiger partial charge in [-0.2, -0.15) is 0 Å². The van der Waals surface area contributed by atoms with Gasteiger partial charge in [-0.25, -0.2) is 80.3 Å². The second-order valence-corrected chi connectivity index (χ2v) is 42.5. The molecule has 8 rings (SSSR count). The number of aliphatic hydroxyl groups excluding tert-OH is 3. The predicted molar refractivity (Wildman–Crippen MR) is 497 cm³/mol. The number of carboxylic acids is 1. The Morgan fingerprint density at radius 1 is 0.268 bits per heavy atom. The zero-order chi connectivity index (χ0) is 108. The Labute approximate surface area is 811 Å². The molecule has 0 aliphatic heterocycles. The van der Waals surface area contributed by atoms with E-state index >= 15 is 0 Å². The number of halogens is 3. The molecule has 0 heterocycles. The highest BCUT2D eigenvalue weighted by atomic mass is 18.2. The summed E-state index contributed by atoms with van der Waals surface area (Å²) in [7, 11) is 0. The second-order valence-electron chi connectivity index (χ2n) is 42.5. The highest BCUT2D eigenvalue weighted by Gasteiger charge is 2.59. The van der Waals surface area contributed by atoms with E-state index in [-0.39, 0.29) is 115 Å². The third kappa shape index (κ3) is 45.3. The molecule has 0 bridgehead atoms. The summed E-state index contributed by atoms with van der Waals surface area (Å²) in [5.74, 6) is -3.25. The number of alkyl halides is 3. The number of hydrogen-bond donors (Lipinski definition) is 12. The molecule has 0 aromatic carbocycles. The number of carbonyl (C=O) groups is 15. The zero-order valence-electron chi connectivity index (χ0n) is 87.4. The lowest BCUT2D eigenvalue weighted by Gasteiger charge is -2.44. The maximum absolute atomic E-state index is 13.0. The summed E-state index contributed by atoms with van der Waals surface area (Å²) in [5.41, 5.74) is -7.89. The Balaban J connectivity index is 0.00000155. The van der Waals surface area contributed by atoms with Gasteiger partial charge in [-0.05, 0) is 257 Å². The highest BCUT2D eigenvalue weighted by molar-refractivity contribution is 5.92. The molecule has 800 valence electrons. The van der Waals surface area contributed by atoms with Crippen LogP contribution in [0.3, 0.4) is 0 Å². The number of esters is 7. The smallest absolute Gasteiger partial charge is 0.408 e. The molecule has 41 nitrogen and oxygen atoms in total. The van der Waals surface area contributed by atoms with Gasteiger partial charge in [0, 0.05) is 70.8 Å². The minimum Gasteiger partial charge on any atom is -0.480 e. The van der Waals surface area contributed by atoms with Gasteiger partial charge in [0.1, 0.15) is 102 Å². The molecule has 138 heavy (non-hydrogen) atoms. The maximum Gasteiger partial charge on any atom is 0.408 e. The molecule has 44 heteroatoms. The SMILES string of the molecule is CCO.CCOC(=O)C1(NC(=O)OC(C)(C)C)CC(C)C1.CCOC(=O)C1(NC(=O)OC(C)(C)C)CC(C)C1.CCOC(=O)C1(NC(=O)OC(C)(C)C)CC(C)C1.CCOC(=O)C1(NC(=O)OC(C)(C)C)CC(O)C1.CCOC(=O)C1(NC(=O)OC(C)(C)C)CC(O)C1.CCOC(=O)C1(NC(=O)OC(C)(C)C)CC([18F])C1.CCOC(=O)C1(NC(=O)OC(C)(C)C)CC([18F])C1.NC1(C(=O)O)CC([18F])C1. The van der Waals surface area contributed by atoms with E-state index in [2.05, 4.69) is 37.2 Å². The van der Waals surface area contributed by atoms with Crippen LogP contribution in [0, 0.1) is 17.8 Å². The Morgan fingerprint density at radius 2 is 0.391 bits per heavy atom. The van der Waals surface area contributed by atoms with Crippen LogP contribution in [0.2, 0.25) is 0 Å². The summed E-state index contributed by atoms with van der Waals surface area (Å²) in [4.78, 5) is 175. The number of nitrogens with two attached hydrogens (primary N) is 1. The summed E-state index contributed by atoms with van der Waals surface area (Å²) >= 11 is 0. The van der Waals surface area contributed by atoms with Crippen molar-refractivity contribution in [1.82, 2.24) is 37.2 Å². The standard InChI is InChI=1S/3C13H23NO4.2C12H20FNO4.2C12H21NO5.C5H8FNO2.C2H6O/c3*1-6-17-10(15)13(7-9(2)8-13)14-11(16)18-12(3,4)5;2*1-5-17-9(15)12(6-8(13)7-12)14-10(16)18-11(2,3)4;2*1-5-17-9(15)12(6-8(14)7-12)13-10(16)18-11(2,3)4;6-3-1-5(7,2-3)4(8)9;1-2-3/h3*9H,6-8H2,1-5H3,(H,14,16);2*8H,5-7H2,1-4H3,(H,14,16);2*8,14H,5-7H2,1-4H3,(H,13,16);3H,1-2,7H2,(H,8,9);3H,2H2,1H3/i;;;2*13-1;;;6-1;. The van der Waals surface area contributed by atoms with E-state index in [1.807, 2.05) is 20.8 Å². The van der Waals surface area contributed by atoms with E-state index in [4.69, 9.17) is 82.3 Å². The van der Waals surface area contributed by atoms with Crippen LogP contribution in [0.4, 0.5) is 46.7 Å². The molecule has 7 amide bonds. The van der Waals surface area contributed by atoms with Crippen molar-refractivity contribution in [2.75, 3.05) is 52.9 Å². The van der Waals surface area contributed by atoms with Crippen LogP contribution in [0.1, 0.15) is 324 Å². The van der Waals surface area contributed by atoms with Gasteiger partial charge in [0.2, 0.25) is 0 Å². The van der Waals surface area contributed by atoms with Crippen LogP contribution in [-0.4, -0.2) is 278 Å². The molecule has 0 atom stereocenters. The van der Waals surface area contributed by atoms with Crippen LogP contribution in [0.5, 0.6) is 0 Å². The van der Waals surface area contributed by atoms with Gasteiger partial charge < -0.3 is 130 Å².